The number of hydrogen-bond acceptors (Lipinski definition) is 4. The lowest BCUT2D eigenvalue weighted by atomic mass is 10.0. The molecule has 1 aliphatic heterocycles. The number of sulfonamides is 2. The molecule has 2 rings (SSSR count). The maximum absolute atomic E-state index is 12.8. The predicted octanol–water partition coefficient (Wildman–Crippen LogP) is 1.80. The molecule has 11 heteroatoms. The molecule has 0 radical (unpaired) electrons. The minimum Gasteiger partial charge on any atom is -0.215 e. The topological polar surface area (TPSA) is 83.6 Å². The second-order valence-electron chi connectivity index (χ2n) is 6.44. The van der Waals surface area contributed by atoms with Crippen molar-refractivity contribution in [3.63, 3.8) is 0 Å². The van der Waals surface area contributed by atoms with Crippen molar-refractivity contribution in [2.75, 3.05) is 25.9 Å². The quantitative estimate of drug-likeness (QED) is 0.769. The molecule has 1 aliphatic rings. The number of hydrogen-bond donors (Lipinski definition) is 1. The number of alkyl halides is 3. The SMILES string of the molecule is CS(=O)(=O)NCC1CCCN(S(=O)(=O)Cc2cccc(C(F)(F)F)c2)C1. The van der Waals surface area contributed by atoms with E-state index in [2.05, 4.69) is 4.72 Å². The molecule has 6 nitrogen and oxygen atoms in total. The molecule has 1 atom stereocenters. The zero-order valence-corrected chi connectivity index (χ0v) is 15.8. The van der Waals surface area contributed by atoms with Gasteiger partial charge >= 0.3 is 6.18 Å². The summed E-state index contributed by atoms with van der Waals surface area (Å²) in [5.74, 6) is -0.696. The van der Waals surface area contributed by atoms with Crippen molar-refractivity contribution < 1.29 is 30.0 Å². The Bertz CT molecular complexity index is 839. The van der Waals surface area contributed by atoms with Gasteiger partial charge in [0.25, 0.3) is 0 Å². The Morgan fingerprint density at radius 2 is 1.92 bits per heavy atom. The van der Waals surface area contributed by atoms with Gasteiger partial charge < -0.3 is 0 Å². The molecular formula is C15H21F3N2O4S2. The van der Waals surface area contributed by atoms with Gasteiger partial charge in [-0.1, -0.05) is 18.2 Å². The van der Waals surface area contributed by atoms with Gasteiger partial charge in [-0.05, 0) is 30.4 Å². The Hall–Kier alpha value is -1.17. The van der Waals surface area contributed by atoms with E-state index in [0.29, 0.717) is 12.8 Å². The number of piperidine rings is 1. The molecule has 0 amide bonds. The van der Waals surface area contributed by atoms with Crippen molar-refractivity contribution in [3.05, 3.63) is 35.4 Å². The standard InChI is InChI=1S/C15H21F3N2O4S2/c1-25(21,22)19-9-13-5-3-7-20(10-13)26(23,24)11-12-4-2-6-14(8-12)15(16,17)18/h2,4,6,8,13,19H,3,5,7,9-11H2,1H3. The van der Waals surface area contributed by atoms with Gasteiger partial charge in [0.05, 0.1) is 17.6 Å². The first kappa shape index (κ1) is 21.1. The second-order valence-corrected chi connectivity index (χ2v) is 10.2. The van der Waals surface area contributed by atoms with Crippen LogP contribution in [0.15, 0.2) is 24.3 Å². The summed E-state index contributed by atoms with van der Waals surface area (Å²) < 4.78 is 89.4. The van der Waals surface area contributed by atoms with Gasteiger partial charge in [-0.25, -0.2) is 25.9 Å². The highest BCUT2D eigenvalue weighted by atomic mass is 32.2. The maximum atomic E-state index is 12.8. The Kier molecular flexibility index (Phi) is 6.36. The first-order valence-electron chi connectivity index (χ1n) is 7.95. The van der Waals surface area contributed by atoms with Gasteiger partial charge in [0.2, 0.25) is 20.0 Å². The van der Waals surface area contributed by atoms with Crippen molar-refractivity contribution in [2.24, 2.45) is 5.92 Å². The van der Waals surface area contributed by atoms with Gasteiger partial charge in [0.15, 0.2) is 0 Å². The molecule has 0 spiro atoms. The molecular weight excluding hydrogens is 393 g/mol. The minimum absolute atomic E-state index is 0.0659. The average Bonchev–Trinajstić information content (AvgIpc) is 2.52. The average molecular weight is 414 g/mol. The van der Waals surface area contributed by atoms with E-state index in [1.54, 1.807) is 0 Å². The summed E-state index contributed by atoms with van der Waals surface area (Å²) in [6.45, 7) is 0.550. The highest BCUT2D eigenvalue weighted by molar-refractivity contribution is 7.88. The molecule has 1 saturated heterocycles. The third-order valence-electron chi connectivity index (χ3n) is 4.11. The molecule has 1 heterocycles. The fourth-order valence-electron chi connectivity index (χ4n) is 2.85. The first-order chi connectivity index (χ1) is 11.9. The van der Waals surface area contributed by atoms with E-state index in [1.807, 2.05) is 0 Å². The van der Waals surface area contributed by atoms with Crippen LogP contribution >= 0.6 is 0 Å². The van der Waals surface area contributed by atoms with E-state index in [-0.39, 0.29) is 31.1 Å². The van der Waals surface area contributed by atoms with Crippen LogP contribution in [0, 0.1) is 5.92 Å². The summed E-state index contributed by atoms with van der Waals surface area (Å²) in [4.78, 5) is 0. The zero-order chi connectivity index (χ0) is 19.6. The molecule has 26 heavy (non-hydrogen) atoms. The molecule has 1 fully saturated rings. The number of halogens is 3. The summed E-state index contributed by atoms with van der Waals surface area (Å²) in [7, 11) is -7.16. The zero-order valence-electron chi connectivity index (χ0n) is 14.2. The summed E-state index contributed by atoms with van der Waals surface area (Å²) in [6, 6.07) is 4.26. The highest BCUT2D eigenvalue weighted by Gasteiger charge is 2.32. The minimum atomic E-state index is -4.53. The van der Waals surface area contributed by atoms with E-state index in [9.17, 15) is 30.0 Å². The molecule has 0 bridgehead atoms. The van der Waals surface area contributed by atoms with Crippen LogP contribution in [0.1, 0.15) is 24.0 Å². The van der Waals surface area contributed by atoms with Crippen LogP contribution in [-0.4, -0.2) is 47.0 Å². The lowest BCUT2D eigenvalue weighted by Crippen LogP contribution is -2.43. The van der Waals surface area contributed by atoms with Crippen molar-refractivity contribution in [3.8, 4) is 0 Å². The van der Waals surface area contributed by atoms with Crippen LogP contribution < -0.4 is 4.72 Å². The van der Waals surface area contributed by atoms with Crippen molar-refractivity contribution >= 4 is 20.0 Å². The third-order valence-corrected chi connectivity index (χ3v) is 6.62. The largest absolute Gasteiger partial charge is 0.416 e. The first-order valence-corrected chi connectivity index (χ1v) is 11.5. The van der Waals surface area contributed by atoms with Crippen molar-refractivity contribution in [1.29, 1.82) is 0 Å². The number of rotatable bonds is 6. The molecule has 148 valence electrons. The van der Waals surface area contributed by atoms with Gasteiger partial charge in [-0.3, -0.25) is 0 Å². The van der Waals surface area contributed by atoms with E-state index in [1.165, 1.54) is 16.4 Å². The summed E-state index contributed by atoms with van der Waals surface area (Å²) >= 11 is 0. The lowest BCUT2D eigenvalue weighted by molar-refractivity contribution is -0.137. The number of nitrogens with one attached hydrogen (secondary N) is 1. The fourth-order valence-corrected chi connectivity index (χ4v) is 5.02. The monoisotopic (exact) mass is 414 g/mol. The van der Waals surface area contributed by atoms with Gasteiger partial charge in [0, 0.05) is 19.6 Å². The molecule has 1 unspecified atom stereocenters. The van der Waals surface area contributed by atoms with Gasteiger partial charge in [0.1, 0.15) is 0 Å². The Morgan fingerprint density at radius 1 is 1.23 bits per heavy atom. The highest BCUT2D eigenvalue weighted by Crippen LogP contribution is 2.30. The second kappa shape index (κ2) is 7.83. The molecule has 0 aromatic heterocycles. The molecule has 1 aromatic carbocycles. The van der Waals surface area contributed by atoms with Crippen molar-refractivity contribution in [2.45, 2.75) is 24.8 Å². The molecule has 1 aromatic rings. The number of benzene rings is 1. The third kappa shape index (κ3) is 6.22. The number of nitrogens with zero attached hydrogens (tertiary/aromatic N) is 1. The van der Waals surface area contributed by atoms with Crippen LogP contribution in [0.3, 0.4) is 0 Å². The lowest BCUT2D eigenvalue weighted by Gasteiger charge is -2.32. The van der Waals surface area contributed by atoms with Gasteiger partial charge in [-0.2, -0.15) is 13.2 Å². The van der Waals surface area contributed by atoms with Crippen LogP contribution in [0.2, 0.25) is 0 Å². The smallest absolute Gasteiger partial charge is 0.215 e. The van der Waals surface area contributed by atoms with E-state index in [4.69, 9.17) is 0 Å². The normalized spacial score (nSPS) is 20.2. The summed E-state index contributed by atoms with van der Waals surface area (Å²) in [5.41, 5.74) is -0.824. The van der Waals surface area contributed by atoms with Crippen LogP contribution in [0.25, 0.3) is 0 Å². The fraction of sp³-hybridized carbons (Fsp3) is 0.600. The van der Waals surface area contributed by atoms with E-state index >= 15 is 0 Å². The Balaban J connectivity index is 2.07. The van der Waals surface area contributed by atoms with Crippen LogP contribution in [-0.2, 0) is 32.0 Å². The summed E-state index contributed by atoms with van der Waals surface area (Å²) in [6.07, 6.45) is -2.26. The maximum Gasteiger partial charge on any atom is 0.416 e. The van der Waals surface area contributed by atoms with Crippen LogP contribution in [0.5, 0.6) is 0 Å². The Labute approximate surface area is 151 Å². The van der Waals surface area contributed by atoms with Gasteiger partial charge in [-0.15, -0.1) is 0 Å². The Morgan fingerprint density at radius 3 is 2.54 bits per heavy atom. The van der Waals surface area contributed by atoms with Crippen molar-refractivity contribution in [1.82, 2.24) is 9.03 Å². The van der Waals surface area contributed by atoms with E-state index < -0.39 is 37.5 Å². The predicted molar refractivity (Wildman–Crippen MR) is 91.2 cm³/mol. The molecule has 1 N–H and O–H groups in total. The summed E-state index contributed by atoms with van der Waals surface area (Å²) in [5, 5.41) is 0. The van der Waals surface area contributed by atoms with E-state index in [0.717, 1.165) is 18.4 Å². The molecule has 0 aliphatic carbocycles. The molecule has 0 saturated carbocycles. The van der Waals surface area contributed by atoms with Crippen LogP contribution in [0.4, 0.5) is 13.2 Å².